The third-order valence-electron chi connectivity index (χ3n) is 4.98. The summed E-state index contributed by atoms with van der Waals surface area (Å²) in [6.07, 6.45) is 0. The molecule has 0 heterocycles. The summed E-state index contributed by atoms with van der Waals surface area (Å²) in [7, 11) is 0. The van der Waals surface area contributed by atoms with E-state index in [1.54, 1.807) is 24.3 Å². The van der Waals surface area contributed by atoms with E-state index in [0.717, 1.165) is 0 Å². The summed E-state index contributed by atoms with van der Waals surface area (Å²) in [6, 6.07) is 20.4. The molecule has 12 heteroatoms. The molecular weight excluding hydrogens is 468 g/mol. The maximum Gasteiger partial charge on any atom is 0.269 e. The Morgan fingerprint density at radius 2 is 1.11 bits per heavy atom. The van der Waals surface area contributed by atoms with E-state index in [4.69, 9.17) is 0 Å². The number of non-ortho nitro benzene ring substituents is 2. The van der Waals surface area contributed by atoms with Crippen molar-refractivity contribution in [3.8, 4) is 22.6 Å². The van der Waals surface area contributed by atoms with Crippen LogP contribution in [-0.4, -0.2) is 20.1 Å². The monoisotopic (exact) mass is 484 g/mol. The molecule has 0 aliphatic heterocycles. The molecule has 0 bridgehead atoms. The van der Waals surface area contributed by atoms with Crippen LogP contribution in [0.4, 0.5) is 34.1 Å². The summed E-state index contributed by atoms with van der Waals surface area (Å²) in [5.41, 5.74) is 1.45. The highest BCUT2D eigenvalue weighted by molar-refractivity contribution is 5.85. The first-order chi connectivity index (χ1) is 17.3. The van der Waals surface area contributed by atoms with E-state index < -0.39 is 9.85 Å². The van der Waals surface area contributed by atoms with Crippen molar-refractivity contribution in [2.75, 3.05) is 0 Å². The predicted octanol–water partition coefficient (Wildman–Crippen LogP) is 7.41. The second kappa shape index (κ2) is 10.2. The van der Waals surface area contributed by atoms with Gasteiger partial charge in [-0.15, -0.1) is 10.2 Å². The first kappa shape index (κ1) is 23.6. The van der Waals surface area contributed by atoms with E-state index in [-0.39, 0.29) is 34.2 Å². The lowest BCUT2D eigenvalue weighted by atomic mass is 10.0. The lowest BCUT2D eigenvalue weighted by Gasteiger charge is -2.10. The van der Waals surface area contributed by atoms with Gasteiger partial charge >= 0.3 is 0 Å². The van der Waals surface area contributed by atoms with Crippen molar-refractivity contribution < 1.29 is 20.1 Å². The van der Waals surface area contributed by atoms with Crippen molar-refractivity contribution in [2.45, 2.75) is 0 Å². The lowest BCUT2D eigenvalue weighted by Crippen LogP contribution is -1.85. The van der Waals surface area contributed by atoms with E-state index in [1.165, 1.54) is 60.7 Å². The van der Waals surface area contributed by atoms with Gasteiger partial charge in [0.25, 0.3) is 11.4 Å². The van der Waals surface area contributed by atoms with Gasteiger partial charge in [0.2, 0.25) is 0 Å². The number of nitro benzene ring substituents is 2. The number of nitro groups is 2. The van der Waals surface area contributed by atoms with Crippen LogP contribution in [0.15, 0.2) is 105 Å². The molecule has 4 rings (SSSR count). The number of hydrogen-bond donors (Lipinski definition) is 2. The molecule has 0 atom stereocenters. The van der Waals surface area contributed by atoms with E-state index in [0.29, 0.717) is 22.5 Å². The van der Waals surface area contributed by atoms with Gasteiger partial charge in [0.15, 0.2) is 11.4 Å². The molecule has 0 fully saturated rings. The fraction of sp³-hybridized carbons (Fsp3) is 0. The van der Waals surface area contributed by atoms with Crippen LogP contribution in [0.25, 0.3) is 11.1 Å². The molecule has 0 saturated heterocycles. The Labute approximate surface area is 202 Å². The largest absolute Gasteiger partial charge is 0.505 e. The molecular formula is C24H16N6O6. The molecule has 36 heavy (non-hydrogen) atoms. The van der Waals surface area contributed by atoms with Crippen LogP contribution in [-0.2, 0) is 0 Å². The number of benzene rings is 4. The quantitative estimate of drug-likeness (QED) is 0.157. The first-order valence-corrected chi connectivity index (χ1v) is 10.3. The number of azo groups is 2. The maximum absolute atomic E-state index is 10.9. The number of nitrogens with zero attached hydrogens (tertiary/aromatic N) is 6. The Kier molecular flexibility index (Phi) is 6.68. The van der Waals surface area contributed by atoms with Gasteiger partial charge < -0.3 is 10.2 Å². The summed E-state index contributed by atoms with van der Waals surface area (Å²) in [4.78, 5) is 20.5. The van der Waals surface area contributed by atoms with Gasteiger partial charge in [-0.1, -0.05) is 18.2 Å². The molecule has 0 amide bonds. The van der Waals surface area contributed by atoms with E-state index in [9.17, 15) is 30.4 Å². The Hall–Kier alpha value is -5.52. The average Bonchev–Trinajstić information content (AvgIpc) is 2.88. The number of phenols is 2. The number of aromatic hydroxyl groups is 2. The van der Waals surface area contributed by atoms with Crippen LogP contribution in [0.2, 0.25) is 0 Å². The highest BCUT2D eigenvalue weighted by Crippen LogP contribution is 2.46. The number of phenolic OH excluding ortho intramolecular Hbond substituents is 2. The van der Waals surface area contributed by atoms with Crippen LogP contribution in [0.3, 0.4) is 0 Å². The van der Waals surface area contributed by atoms with Gasteiger partial charge in [0.1, 0.15) is 5.75 Å². The van der Waals surface area contributed by atoms with Gasteiger partial charge in [-0.2, -0.15) is 10.2 Å². The molecule has 4 aromatic rings. The first-order valence-electron chi connectivity index (χ1n) is 10.3. The second-order valence-electron chi connectivity index (χ2n) is 7.29. The van der Waals surface area contributed by atoms with Crippen LogP contribution < -0.4 is 0 Å². The smallest absolute Gasteiger partial charge is 0.269 e. The van der Waals surface area contributed by atoms with E-state index in [2.05, 4.69) is 20.5 Å². The summed E-state index contributed by atoms with van der Waals surface area (Å²) < 4.78 is 0. The average molecular weight is 484 g/mol. The predicted molar refractivity (Wildman–Crippen MR) is 130 cm³/mol. The number of hydrogen-bond acceptors (Lipinski definition) is 10. The molecule has 0 saturated carbocycles. The molecule has 0 radical (unpaired) electrons. The number of rotatable bonds is 7. The Balaban J connectivity index is 1.66. The molecule has 2 N–H and O–H groups in total. The van der Waals surface area contributed by atoms with Crippen LogP contribution >= 0.6 is 0 Å². The topological polar surface area (TPSA) is 176 Å². The normalized spacial score (nSPS) is 11.2. The molecule has 12 nitrogen and oxygen atoms in total. The minimum atomic E-state index is -0.543. The van der Waals surface area contributed by atoms with Crippen LogP contribution in [0, 0.1) is 20.2 Å². The fourth-order valence-corrected chi connectivity index (χ4v) is 3.17. The standard InChI is InChI=1S/C24H16N6O6/c31-22-14-13-20(24(32)23(22)28-26-16-7-11-18(12-8-16)30(35)36)19-3-1-2-4-21(19)27-25-15-5-9-17(10-6-15)29(33)34/h1-14,31-32H. The zero-order valence-electron chi connectivity index (χ0n) is 18.3. The van der Waals surface area contributed by atoms with Crippen molar-refractivity contribution in [1.29, 1.82) is 0 Å². The highest BCUT2D eigenvalue weighted by atomic mass is 16.6. The highest BCUT2D eigenvalue weighted by Gasteiger charge is 2.16. The Morgan fingerprint density at radius 3 is 1.67 bits per heavy atom. The molecule has 0 spiro atoms. The Bertz CT molecular complexity index is 1500. The summed E-state index contributed by atoms with van der Waals surface area (Å²) in [5, 5.41) is 58.9. The summed E-state index contributed by atoms with van der Waals surface area (Å²) in [6.45, 7) is 0. The minimum absolute atomic E-state index is 0.0706. The van der Waals surface area contributed by atoms with Crippen LogP contribution in [0.1, 0.15) is 0 Å². The molecule has 0 aromatic heterocycles. The molecule has 0 unspecified atom stereocenters. The fourth-order valence-electron chi connectivity index (χ4n) is 3.17. The molecule has 0 aliphatic rings. The molecule has 4 aromatic carbocycles. The van der Waals surface area contributed by atoms with Crippen molar-refractivity contribution in [3.63, 3.8) is 0 Å². The van der Waals surface area contributed by atoms with Crippen molar-refractivity contribution >= 4 is 34.1 Å². The molecule has 178 valence electrons. The van der Waals surface area contributed by atoms with Gasteiger partial charge in [-0.25, -0.2) is 0 Å². The second-order valence-corrected chi connectivity index (χ2v) is 7.29. The van der Waals surface area contributed by atoms with Gasteiger partial charge in [-0.05, 0) is 42.5 Å². The third kappa shape index (κ3) is 5.17. The van der Waals surface area contributed by atoms with E-state index in [1.807, 2.05) is 0 Å². The lowest BCUT2D eigenvalue weighted by molar-refractivity contribution is -0.385. The van der Waals surface area contributed by atoms with E-state index >= 15 is 0 Å². The van der Waals surface area contributed by atoms with Crippen molar-refractivity contribution in [2.24, 2.45) is 20.5 Å². The SMILES string of the molecule is O=[N+]([O-])c1ccc(N=Nc2ccccc2-c2ccc(O)c(N=Nc3ccc([N+](=O)[O-])cc3)c2O)cc1. The van der Waals surface area contributed by atoms with Crippen LogP contribution in [0.5, 0.6) is 11.5 Å². The Morgan fingerprint density at radius 1 is 0.583 bits per heavy atom. The van der Waals surface area contributed by atoms with Crippen molar-refractivity contribution in [1.82, 2.24) is 0 Å². The van der Waals surface area contributed by atoms with Gasteiger partial charge in [0, 0.05) is 35.4 Å². The summed E-state index contributed by atoms with van der Waals surface area (Å²) >= 11 is 0. The minimum Gasteiger partial charge on any atom is -0.505 e. The van der Waals surface area contributed by atoms with Gasteiger partial charge in [0.05, 0.1) is 26.9 Å². The summed E-state index contributed by atoms with van der Waals surface area (Å²) in [5.74, 6) is -0.689. The maximum atomic E-state index is 10.9. The zero-order chi connectivity index (χ0) is 25.7. The van der Waals surface area contributed by atoms with Crippen molar-refractivity contribution in [3.05, 3.63) is 105 Å². The molecule has 0 aliphatic carbocycles. The third-order valence-corrected chi connectivity index (χ3v) is 4.98. The zero-order valence-corrected chi connectivity index (χ0v) is 18.3. The van der Waals surface area contributed by atoms with Gasteiger partial charge in [-0.3, -0.25) is 20.2 Å².